The standard InChI is InChI=1S/C15H24N2/c1-2-5-15(6-3-1)13-17-10-4-7-14-8-11-16-12-9-14/h1-3,5-6,14,16-17H,4,7-13H2. The van der Waals surface area contributed by atoms with Crippen molar-refractivity contribution < 1.29 is 0 Å². The summed E-state index contributed by atoms with van der Waals surface area (Å²) < 4.78 is 0. The summed E-state index contributed by atoms with van der Waals surface area (Å²) in [5.41, 5.74) is 1.38. The Bertz CT molecular complexity index is 291. The molecule has 17 heavy (non-hydrogen) atoms. The van der Waals surface area contributed by atoms with E-state index in [-0.39, 0.29) is 0 Å². The van der Waals surface area contributed by atoms with E-state index in [2.05, 4.69) is 41.0 Å². The van der Waals surface area contributed by atoms with Crippen molar-refractivity contribution in [3.8, 4) is 0 Å². The van der Waals surface area contributed by atoms with Gasteiger partial charge in [0.15, 0.2) is 0 Å². The summed E-state index contributed by atoms with van der Waals surface area (Å²) in [5.74, 6) is 0.967. The van der Waals surface area contributed by atoms with Crippen molar-refractivity contribution in [2.45, 2.75) is 32.2 Å². The lowest BCUT2D eigenvalue weighted by atomic mass is 9.93. The van der Waals surface area contributed by atoms with E-state index in [1.807, 2.05) is 0 Å². The van der Waals surface area contributed by atoms with Crippen LogP contribution in [0.2, 0.25) is 0 Å². The van der Waals surface area contributed by atoms with Gasteiger partial charge in [0.2, 0.25) is 0 Å². The number of rotatable bonds is 6. The first-order valence-corrected chi connectivity index (χ1v) is 6.90. The Morgan fingerprint density at radius 1 is 1.12 bits per heavy atom. The van der Waals surface area contributed by atoms with Crippen molar-refractivity contribution in [2.24, 2.45) is 5.92 Å². The third-order valence-corrected chi connectivity index (χ3v) is 3.60. The first-order chi connectivity index (χ1) is 8.45. The fraction of sp³-hybridized carbons (Fsp3) is 0.600. The van der Waals surface area contributed by atoms with E-state index in [4.69, 9.17) is 0 Å². The zero-order valence-corrected chi connectivity index (χ0v) is 10.6. The molecule has 0 spiro atoms. The number of nitrogens with one attached hydrogen (secondary N) is 2. The molecule has 0 atom stereocenters. The van der Waals surface area contributed by atoms with E-state index in [1.54, 1.807) is 0 Å². The molecule has 0 aliphatic carbocycles. The molecule has 0 radical (unpaired) electrons. The van der Waals surface area contributed by atoms with Gasteiger partial charge in [-0.05, 0) is 56.8 Å². The van der Waals surface area contributed by atoms with E-state index in [1.165, 1.54) is 44.3 Å². The Balaban J connectivity index is 1.51. The normalized spacial score (nSPS) is 17.2. The van der Waals surface area contributed by atoms with Crippen molar-refractivity contribution >= 4 is 0 Å². The Morgan fingerprint density at radius 2 is 1.88 bits per heavy atom. The van der Waals surface area contributed by atoms with Crippen molar-refractivity contribution in [2.75, 3.05) is 19.6 Å². The average molecular weight is 232 g/mol. The summed E-state index contributed by atoms with van der Waals surface area (Å²) in [6, 6.07) is 10.6. The molecule has 0 saturated carbocycles. The highest BCUT2D eigenvalue weighted by Crippen LogP contribution is 2.17. The van der Waals surface area contributed by atoms with Crippen LogP contribution in [0.25, 0.3) is 0 Å². The molecule has 94 valence electrons. The van der Waals surface area contributed by atoms with Gasteiger partial charge in [0.1, 0.15) is 0 Å². The van der Waals surface area contributed by atoms with Gasteiger partial charge in [-0.2, -0.15) is 0 Å². The van der Waals surface area contributed by atoms with E-state index >= 15 is 0 Å². The van der Waals surface area contributed by atoms with Crippen molar-refractivity contribution in [1.82, 2.24) is 10.6 Å². The molecule has 2 heteroatoms. The topological polar surface area (TPSA) is 24.1 Å². The number of benzene rings is 1. The second-order valence-corrected chi connectivity index (χ2v) is 5.00. The molecular formula is C15H24N2. The first kappa shape index (κ1) is 12.6. The van der Waals surface area contributed by atoms with Gasteiger partial charge in [-0.15, -0.1) is 0 Å². The van der Waals surface area contributed by atoms with Crippen LogP contribution in [0.15, 0.2) is 30.3 Å². The quantitative estimate of drug-likeness (QED) is 0.737. The number of hydrogen-bond donors (Lipinski definition) is 2. The van der Waals surface area contributed by atoms with Gasteiger partial charge < -0.3 is 10.6 Å². The molecule has 0 unspecified atom stereocenters. The van der Waals surface area contributed by atoms with Crippen LogP contribution in [0.4, 0.5) is 0 Å². The second-order valence-electron chi connectivity index (χ2n) is 5.00. The molecule has 2 N–H and O–H groups in total. The van der Waals surface area contributed by atoms with E-state index in [0.717, 1.165) is 19.0 Å². The molecule has 1 saturated heterocycles. The van der Waals surface area contributed by atoms with E-state index in [0.29, 0.717) is 0 Å². The maximum Gasteiger partial charge on any atom is 0.0205 e. The molecule has 0 aromatic heterocycles. The predicted octanol–water partition coefficient (Wildman–Crippen LogP) is 2.56. The summed E-state index contributed by atoms with van der Waals surface area (Å²) in [5, 5.41) is 6.95. The molecule has 0 amide bonds. The molecule has 1 fully saturated rings. The molecule has 0 bridgehead atoms. The van der Waals surface area contributed by atoms with E-state index < -0.39 is 0 Å². The minimum Gasteiger partial charge on any atom is -0.317 e. The van der Waals surface area contributed by atoms with Crippen LogP contribution in [0.5, 0.6) is 0 Å². The highest BCUT2D eigenvalue weighted by Gasteiger charge is 2.11. The van der Waals surface area contributed by atoms with Crippen LogP contribution in [-0.4, -0.2) is 19.6 Å². The summed E-state index contributed by atoms with van der Waals surface area (Å²) >= 11 is 0. The SMILES string of the molecule is c1ccc(CNCCCC2CCNCC2)cc1. The fourth-order valence-corrected chi connectivity index (χ4v) is 2.51. The fourth-order valence-electron chi connectivity index (χ4n) is 2.51. The first-order valence-electron chi connectivity index (χ1n) is 6.90. The molecule has 1 heterocycles. The summed E-state index contributed by atoms with van der Waals surface area (Å²) in [6.07, 6.45) is 5.46. The van der Waals surface area contributed by atoms with Crippen LogP contribution < -0.4 is 10.6 Å². The molecule has 1 aliphatic rings. The molecule has 2 nitrogen and oxygen atoms in total. The third kappa shape index (κ3) is 4.88. The van der Waals surface area contributed by atoms with Gasteiger partial charge in [0.25, 0.3) is 0 Å². The van der Waals surface area contributed by atoms with Crippen molar-refractivity contribution in [1.29, 1.82) is 0 Å². The van der Waals surface area contributed by atoms with Crippen LogP contribution >= 0.6 is 0 Å². The molecular weight excluding hydrogens is 208 g/mol. The van der Waals surface area contributed by atoms with Gasteiger partial charge in [-0.3, -0.25) is 0 Å². The molecule has 1 aromatic carbocycles. The largest absolute Gasteiger partial charge is 0.317 e. The van der Waals surface area contributed by atoms with Crippen molar-refractivity contribution in [3.05, 3.63) is 35.9 Å². The molecule has 1 aromatic rings. The Hall–Kier alpha value is -0.860. The molecule has 1 aliphatic heterocycles. The molecule has 2 rings (SSSR count). The Morgan fingerprint density at radius 3 is 2.65 bits per heavy atom. The Labute approximate surface area is 105 Å². The van der Waals surface area contributed by atoms with E-state index in [9.17, 15) is 0 Å². The van der Waals surface area contributed by atoms with Crippen molar-refractivity contribution in [3.63, 3.8) is 0 Å². The summed E-state index contributed by atoms with van der Waals surface area (Å²) in [7, 11) is 0. The maximum absolute atomic E-state index is 3.53. The zero-order valence-electron chi connectivity index (χ0n) is 10.6. The maximum atomic E-state index is 3.53. The van der Waals surface area contributed by atoms with Gasteiger partial charge in [0, 0.05) is 6.54 Å². The highest BCUT2D eigenvalue weighted by molar-refractivity contribution is 5.14. The van der Waals surface area contributed by atoms with Crippen LogP contribution in [0.3, 0.4) is 0 Å². The lowest BCUT2D eigenvalue weighted by Gasteiger charge is -2.22. The smallest absolute Gasteiger partial charge is 0.0205 e. The lowest BCUT2D eigenvalue weighted by molar-refractivity contribution is 0.344. The van der Waals surface area contributed by atoms with Crippen LogP contribution in [-0.2, 0) is 6.54 Å². The number of piperidine rings is 1. The number of hydrogen-bond acceptors (Lipinski definition) is 2. The minimum atomic E-state index is 0.967. The van der Waals surface area contributed by atoms with Gasteiger partial charge in [-0.25, -0.2) is 0 Å². The lowest BCUT2D eigenvalue weighted by Crippen LogP contribution is -2.28. The summed E-state index contributed by atoms with van der Waals surface area (Å²) in [4.78, 5) is 0. The predicted molar refractivity (Wildman–Crippen MR) is 73.0 cm³/mol. The van der Waals surface area contributed by atoms with Gasteiger partial charge in [-0.1, -0.05) is 30.3 Å². The monoisotopic (exact) mass is 232 g/mol. The van der Waals surface area contributed by atoms with Gasteiger partial charge in [0.05, 0.1) is 0 Å². The summed E-state index contributed by atoms with van der Waals surface area (Å²) in [6.45, 7) is 4.61. The second kappa shape index (κ2) is 7.46. The third-order valence-electron chi connectivity index (χ3n) is 3.60. The van der Waals surface area contributed by atoms with Crippen LogP contribution in [0.1, 0.15) is 31.2 Å². The average Bonchev–Trinajstić information content (AvgIpc) is 2.41. The van der Waals surface area contributed by atoms with Crippen LogP contribution in [0, 0.1) is 5.92 Å². The zero-order chi connectivity index (χ0) is 11.8. The van der Waals surface area contributed by atoms with Gasteiger partial charge >= 0.3 is 0 Å². The minimum absolute atomic E-state index is 0.967. The highest BCUT2D eigenvalue weighted by atomic mass is 14.9. The Kier molecular flexibility index (Phi) is 5.53.